The van der Waals surface area contributed by atoms with E-state index < -0.39 is 5.97 Å². The predicted molar refractivity (Wildman–Crippen MR) is 83.9 cm³/mol. The van der Waals surface area contributed by atoms with Crippen molar-refractivity contribution in [3.8, 4) is 11.3 Å². The highest BCUT2D eigenvalue weighted by molar-refractivity contribution is 7.98. The SMILES string of the molecule is CSc1nc(-c2ccsc2)c2c(N)c(C(=O)O)sc2n1. The number of carbonyl (C=O) groups is 1. The molecule has 3 aromatic heterocycles. The zero-order valence-corrected chi connectivity index (χ0v) is 12.7. The number of nitrogens with zero attached hydrogens (tertiary/aromatic N) is 2. The van der Waals surface area contributed by atoms with Gasteiger partial charge in [-0.1, -0.05) is 11.8 Å². The van der Waals surface area contributed by atoms with Crippen LogP contribution < -0.4 is 5.73 Å². The summed E-state index contributed by atoms with van der Waals surface area (Å²) < 4.78 is 0. The van der Waals surface area contributed by atoms with Crippen molar-refractivity contribution in [3.05, 3.63) is 21.7 Å². The number of hydrogen-bond donors (Lipinski definition) is 2. The van der Waals surface area contributed by atoms with Gasteiger partial charge >= 0.3 is 5.97 Å². The predicted octanol–water partition coefficient (Wildman–Crippen LogP) is 3.42. The summed E-state index contributed by atoms with van der Waals surface area (Å²) in [5, 5.41) is 14.3. The third kappa shape index (κ3) is 2.05. The highest BCUT2D eigenvalue weighted by Crippen LogP contribution is 2.39. The number of fused-ring (bicyclic) bond motifs is 1. The first-order valence-corrected chi connectivity index (χ1v) is 8.50. The Balaban J connectivity index is 2.39. The zero-order chi connectivity index (χ0) is 14.3. The number of nitrogen functional groups attached to an aromatic ring is 1. The molecule has 0 aliphatic heterocycles. The van der Waals surface area contributed by atoms with Crippen molar-refractivity contribution in [2.24, 2.45) is 0 Å². The van der Waals surface area contributed by atoms with E-state index in [0.29, 0.717) is 21.1 Å². The Hall–Kier alpha value is -1.64. The lowest BCUT2D eigenvalue weighted by atomic mass is 10.1. The van der Waals surface area contributed by atoms with Crippen molar-refractivity contribution in [3.63, 3.8) is 0 Å². The summed E-state index contributed by atoms with van der Waals surface area (Å²) >= 11 is 4.06. The van der Waals surface area contributed by atoms with Crippen LogP contribution in [-0.4, -0.2) is 27.3 Å². The normalized spacial score (nSPS) is 11.1. The molecule has 8 heteroatoms. The lowest BCUT2D eigenvalue weighted by Gasteiger charge is -2.03. The number of carboxylic acids is 1. The Kier molecular flexibility index (Phi) is 3.36. The highest BCUT2D eigenvalue weighted by atomic mass is 32.2. The van der Waals surface area contributed by atoms with Crippen molar-refractivity contribution in [2.45, 2.75) is 5.16 Å². The molecule has 0 spiro atoms. The number of aromatic nitrogens is 2. The number of hydrogen-bond acceptors (Lipinski definition) is 7. The second kappa shape index (κ2) is 5.04. The van der Waals surface area contributed by atoms with E-state index in [2.05, 4.69) is 9.97 Å². The molecule has 0 fully saturated rings. The van der Waals surface area contributed by atoms with Crippen molar-refractivity contribution in [2.75, 3.05) is 12.0 Å². The Morgan fingerprint density at radius 2 is 2.25 bits per heavy atom. The summed E-state index contributed by atoms with van der Waals surface area (Å²) in [4.78, 5) is 20.8. The van der Waals surface area contributed by atoms with Crippen LogP contribution in [-0.2, 0) is 0 Å². The molecule has 5 nitrogen and oxygen atoms in total. The van der Waals surface area contributed by atoms with Crippen LogP contribution in [0.3, 0.4) is 0 Å². The van der Waals surface area contributed by atoms with E-state index in [1.165, 1.54) is 11.8 Å². The Morgan fingerprint density at radius 1 is 1.45 bits per heavy atom. The average molecular weight is 323 g/mol. The molecule has 3 rings (SSSR count). The molecule has 20 heavy (non-hydrogen) atoms. The van der Waals surface area contributed by atoms with Crippen LogP contribution in [0.5, 0.6) is 0 Å². The van der Waals surface area contributed by atoms with Crippen molar-refractivity contribution in [1.29, 1.82) is 0 Å². The third-order valence-electron chi connectivity index (χ3n) is 2.74. The largest absolute Gasteiger partial charge is 0.477 e. The van der Waals surface area contributed by atoms with Gasteiger partial charge in [0.05, 0.1) is 16.8 Å². The van der Waals surface area contributed by atoms with Gasteiger partial charge in [0, 0.05) is 10.9 Å². The second-order valence-corrected chi connectivity index (χ2v) is 6.45. The van der Waals surface area contributed by atoms with Crippen molar-refractivity contribution < 1.29 is 9.90 Å². The van der Waals surface area contributed by atoms with E-state index >= 15 is 0 Å². The molecule has 0 saturated carbocycles. The van der Waals surface area contributed by atoms with Crippen molar-refractivity contribution >= 4 is 56.3 Å². The molecular formula is C12H9N3O2S3. The van der Waals surface area contributed by atoms with E-state index in [1.54, 1.807) is 11.3 Å². The van der Waals surface area contributed by atoms with Crippen LogP contribution in [0, 0.1) is 0 Å². The van der Waals surface area contributed by atoms with Gasteiger partial charge < -0.3 is 10.8 Å². The number of thiophene rings is 2. The van der Waals surface area contributed by atoms with Gasteiger partial charge in [-0.3, -0.25) is 0 Å². The van der Waals surface area contributed by atoms with Gasteiger partial charge in [0.1, 0.15) is 9.71 Å². The summed E-state index contributed by atoms with van der Waals surface area (Å²) in [6.07, 6.45) is 1.88. The van der Waals surface area contributed by atoms with Gasteiger partial charge in [-0.05, 0) is 17.7 Å². The van der Waals surface area contributed by atoms with Crippen LogP contribution in [0.2, 0.25) is 0 Å². The van der Waals surface area contributed by atoms with Crippen LogP contribution in [0.4, 0.5) is 5.69 Å². The summed E-state index contributed by atoms with van der Waals surface area (Å²) in [5.41, 5.74) is 7.85. The first-order valence-electron chi connectivity index (χ1n) is 5.51. The number of thioether (sulfide) groups is 1. The minimum Gasteiger partial charge on any atom is -0.477 e. The van der Waals surface area contributed by atoms with E-state index in [-0.39, 0.29) is 10.6 Å². The van der Waals surface area contributed by atoms with Crippen LogP contribution >= 0.6 is 34.4 Å². The van der Waals surface area contributed by atoms with Gasteiger partial charge in [-0.2, -0.15) is 11.3 Å². The molecule has 3 heterocycles. The topological polar surface area (TPSA) is 89.1 Å². The molecule has 0 aliphatic rings. The van der Waals surface area contributed by atoms with Gasteiger partial charge in [0.15, 0.2) is 5.16 Å². The molecular weight excluding hydrogens is 314 g/mol. The van der Waals surface area contributed by atoms with Crippen LogP contribution in [0.15, 0.2) is 22.0 Å². The number of nitrogens with two attached hydrogens (primary N) is 1. The second-order valence-electron chi connectivity index (χ2n) is 3.90. The molecule has 0 unspecified atom stereocenters. The molecule has 0 aliphatic carbocycles. The van der Waals surface area contributed by atoms with E-state index in [4.69, 9.17) is 5.73 Å². The number of anilines is 1. The van der Waals surface area contributed by atoms with Crippen LogP contribution in [0.25, 0.3) is 21.5 Å². The molecule has 0 radical (unpaired) electrons. The maximum absolute atomic E-state index is 11.2. The first-order chi connectivity index (χ1) is 9.61. The molecule has 0 bridgehead atoms. The average Bonchev–Trinajstić information content (AvgIpc) is 3.06. The minimum absolute atomic E-state index is 0.115. The molecule has 102 valence electrons. The number of rotatable bonds is 3. The number of aromatic carboxylic acids is 1. The summed E-state index contributed by atoms with van der Waals surface area (Å²) in [6, 6.07) is 1.94. The number of carboxylic acid groups (broad SMARTS) is 1. The fourth-order valence-corrected chi connectivity index (χ4v) is 3.86. The molecule has 0 aromatic carbocycles. The third-order valence-corrected chi connectivity index (χ3v) is 5.06. The fourth-order valence-electron chi connectivity index (χ4n) is 1.86. The smallest absolute Gasteiger partial charge is 0.348 e. The summed E-state index contributed by atoms with van der Waals surface area (Å²) in [7, 11) is 0. The summed E-state index contributed by atoms with van der Waals surface area (Å²) in [5.74, 6) is -1.03. The monoisotopic (exact) mass is 323 g/mol. The van der Waals surface area contributed by atoms with Gasteiger partial charge in [-0.15, -0.1) is 11.3 Å². The van der Waals surface area contributed by atoms with Gasteiger partial charge in [0.25, 0.3) is 0 Å². The van der Waals surface area contributed by atoms with E-state index in [0.717, 1.165) is 16.9 Å². The Bertz CT molecular complexity index is 796. The lowest BCUT2D eigenvalue weighted by Crippen LogP contribution is -1.98. The molecule has 3 aromatic rings. The fraction of sp³-hybridized carbons (Fsp3) is 0.0833. The van der Waals surface area contributed by atoms with E-state index in [1.807, 2.05) is 23.1 Å². The molecule has 0 saturated heterocycles. The molecule has 3 N–H and O–H groups in total. The molecule has 0 atom stereocenters. The quantitative estimate of drug-likeness (QED) is 0.567. The standard InChI is InChI=1S/C12H9N3O2S3/c1-18-12-14-8(5-2-3-19-4-5)6-7(13)9(11(16)17)20-10(6)15-12/h2-4H,13H2,1H3,(H,16,17). The maximum Gasteiger partial charge on any atom is 0.348 e. The van der Waals surface area contributed by atoms with Crippen LogP contribution in [0.1, 0.15) is 9.67 Å². The first kappa shape index (κ1) is 13.3. The van der Waals surface area contributed by atoms with Gasteiger partial charge in [-0.25, -0.2) is 14.8 Å². The summed E-state index contributed by atoms with van der Waals surface area (Å²) in [6.45, 7) is 0. The zero-order valence-electron chi connectivity index (χ0n) is 10.3. The minimum atomic E-state index is -1.03. The van der Waals surface area contributed by atoms with Gasteiger partial charge in [0.2, 0.25) is 0 Å². The van der Waals surface area contributed by atoms with E-state index in [9.17, 15) is 9.90 Å². The lowest BCUT2D eigenvalue weighted by molar-refractivity contribution is 0.0703. The Morgan fingerprint density at radius 3 is 2.85 bits per heavy atom. The van der Waals surface area contributed by atoms with Crippen molar-refractivity contribution in [1.82, 2.24) is 9.97 Å². The maximum atomic E-state index is 11.2. The molecule has 0 amide bonds. The highest BCUT2D eigenvalue weighted by Gasteiger charge is 2.21. The Labute approximate surface area is 126 Å².